The van der Waals surface area contributed by atoms with Gasteiger partial charge < -0.3 is 10.5 Å². The van der Waals surface area contributed by atoms with Crippen LogP contribution in [0.5, 0.6) is 0 Å². The molecule has 3 heteroatoms. The second kappa shape index (κ2) is 5.32. The quantitative estimate of drug-likeness (QED) is 0.814. The number of nitrogens with two attached hydrogens (primary N) is 1. The summed E-state index contributed by atoms with van der Waals surface area (Å²) in [5.74, 6) is 0.211. The molecule has 0 heterocycles. The Morgan fingerprint density at radius 1 is 1.47 bits per heavy atom. The van der Waals surface area contributed by atoms with Crippen LogP contribution in [0.4, 0.5) is 0 Å². The van der Waals surface area contributed by atoms with Crippen LogP contribution in [-0.2, 0) is 16.0 Å². The van der Waals surface area contributed by atoms with Crippen molar-refractivity contribution in [3.63, 3.8) is 0 Å². The van der Waals surface area contributed by atoms with Crippen LogP contribution in [0, 0.1) is 5.92 Å². The van der Waals surface area contributed by atoms with Crippen molar-refractivity contribution in [1.29, 1.82) is 0 Å². The Morgan fingerprint density at radius 2 is 2.24 bits per heavy atom. The van der Waals surface area contributed by atoms with Gasteiger partial charge in [-0.2, -0.15) is 0 Å². The third kappa shape index (κ3) is 2.86. The van der Waals surface area contributed by atoms with Gasteiger partial charge in [-0.15, -0.1) is 0 Å². The van der Waals surface area contributed by atoms with Gasteiger partial charge in [-0.1, -0.05) is 24.3 Å². The van der Waals surface area contributed by atoms with Crippen LogP contribution in [0.2, 0.25) is 0 Å². The third-order valence-electron chi connectivity index (χ3n) is 3.31. The Balaban J connectivity index is 2.04. The van der Waals surface area contributed by atoms with Crippen LogP contribution >= 0.6 is 0 Å². The van der Waals surface area contributed by atoms with E-state index in [1.54, 1.807) is 0 Å². The zero-order valence-electron chi connectivity index (χ0n) is 10.2. The molecule has 1 aliphatic rings. The summed E-state index contributed by atoms with van der Waals surface area (Å²) in [6, 6.07) is 8.29. The monoisotopic (exact) mass is 233 g/mol. The number of benzene rings is 1. The molecule has 1 aromatic rings. The van der Waals surface area contributed by atoms with E-state index in [9.17, 15) is 4.79 Å². The Bertz CT molecular complexity index is 403. The fourth-order valence-electron chi connectivity index (χ4n) is 2.57. The lowest BCUT2D eigenvalue weighted by Gasteiger charge is -2.28. The lowest BCUT2D eigenvalue weighted by Crippen LogP contribution is -2.26. The lowest BCUT2D eigenvalue weighted by molar-refractivity contribution is -0.144. The van der Waals surface area contributed by atoms with E-state index in [4.69, 9.17) is 10.5 Å². The minimum absolute atomic E-state index is 0.0550. The molecule has 1 aliphatic carbocycles. The summed E-state index contributed by atoms with van der Waals surface area (Å²) in [6.07, 6.45) is 2.29. The summed E-state index contributed by atoms with van der Waals surface area (Å²) in [4.78, 5) is 11.5. The van der Waals surface area contributed by atoms with Gasteiger partial charge >= 0.3 is 5.97 Å². The van der Waals surface area contributed by atoms with Crippen molar-refractivity contribution in [1.82, 2.24) is 0 Å². The molecule has 2 N–H and O–H groups in total. The average Bonchev–Trinajstić information content (AvgIpc) is 2.29. The molecule has 0 saturated heterocycles. The minimum atomic E-state index is -0.107. The molecular formula is C14H19NO2. The van der Waals surface area contributed by atoms with Crippen molar-refractivity contribution in [3.8, 4) is 0 Å². The molecule has 0 saturated carbocycles. The number of hydrogen-bond donors (Lipinski definition) is 1. The highest BCUT2D eigenvalue weighted by Gasteiger charge is 2.26. The number of fused-ring (bicyclic) bond motifs is 1. The molecule has 1 aromatic carbocycles. The Morgan fingerprint density at radius 3 is 3.00 bits per heavy atom. The second-order valence-electron chi connectivity index (χ2n) is 4.62. The predicted octanol–water partition coefficient (Wildman–Crippen LogP) is 2.20. The molecule has 2 rings (SSSR count). The van der Waals surface area contributed by atoms with E-state index in [1.165, 1.54) is 11.1 Å². The third-order valence-corrected chi connectivity index (χ3v) is 3.31. The minimum Gasteiger partial charge on any atom is -0.466 e. The maximum Gasteiger partial charge on any atom is 0.306 e. The fourth-order valence-corrected chi connectivity index (χ4v) is 2.57. The molecule has 0 amide bonds. The molecule has 3 nitrogen and oxygen atoms in total. The summed E-state index contributed by atoms with van der Waals surface area (Å²) in [5, 5.41) is 0. The van der Waals surface area contributed by atoms with Crippen LogP contribution in [0.15, 0.2) is 24.3 Å². The van der Waals surface area contributed by atoms with Gasteiger partial charge in [0.25, 0.3) is 0 Å². The number of ether oxygens (including phenoxy) is 1. The first kappa shape index (κ1) is 12.1. The van der Waals surface area contributed by atoms with Crippen LogP contribution in [0.1, 0.15) is 36.9 Å². The average molecular weight is 233 g/mol. The van der Waals surface area contributed by atoms with Crippen molar-refractivity contribution >= 4 is 5.97 Å². The highest BCUT2D eigenvalue weighted by molar-refractivity contribution is 5.69. The molecule has 2 unspecified atom stereocenters. The van der Waals surface area contributed by atoms with Crippen LogP contribution < -0.4 is 5.73 Å². The first-order valence-corrected chi connectivity index (χ1v) is 6.19. The summed E-state index contributed by atoms with van der Waals surface area (Å²) < 4.78 is 4.99. The fraction of sp³-hybridized carbons (Fsp3) is 0.500. The molecule has 0 aromatic heterocycles. The molecule has 0 radical (unpaired) electrons. The normalized spacial score (nSPS) is 22.9. The van der Waals surface area contributed by atoms with Crippen molar-refractivity contribution in [2.75, 3.05) is 6.61 Å². The second-order valence-corrected chi connectivity index (χ2v) is 4.62. The number of rotatable bonds is 3. The van der Waals surface area contributed by atoms with E-state index >= 15 is 0 Å². The first-order valence-electron chi connectivity index (χ1n) is 6.19. The highest BCUT2D eigenvalue weighted by atomic mass is 16.5. The zero-order chi connectivity index (χ0) is 12.3. The van der Waals surface area contributed by atoms with Gasteiger partial charge in [-0.05, 0) is 36.8 Å². The molecule has 92 valence electrons. The standard InChI is InChI=1S/C14H19NO2/c1-2-17-14(16)9-10-7-11-5-3-4-6-12(11)13(15)8-10/h3-6,10,13H,2,7-9,15H2,1H3. The Hall–Kier alpha value is -1.35. The van der Waals surface area contributed by atoms with E-state index in [0.717, 1.165) is 12.8 Å². The molecular weight excluding hydrogens is 214 g/mol. The van der Waals surface area contributed by atoms with Gasteiger partial charge in [-0.3, -0.25) is 4.79 Å². The molecule has 17 heavy (non-hydrogen) atoms. The SMILES string of the molecule is CCOC(=O)CC1Cc2ccccc2C(N)C1. The first-order chi connectivity index (χ1) is 8.20. The van der Waals surface area contributed by atoms with E-state index < -0.39 is 0 Å². The van der Waals surface area contributed by atoms with Crippen LogP contribution in [0.25, 0.3) is 0 Å². The van der Waals surface area contributed by atoms with E-state index in [2.05, 4.69) is 12.1 Å². The maximum atomic E-state index is 11.5. The topological polar surface area (TPSA) is 52.3 Å². The number of carbonyl (C=O) groups is 1. The molecule has 2 atom stereocenters. The molecule has 0 fully saturated rings. The largest absolute Gasteiger partial charge is 0.466 e. The van der Waals surface area contributed by atoms with Gasteiger partial charge in [0.15, 0.2) is 0 Å². The van der Waals surface area contributed by atoms with Crippen molar-refractivity contribution in [2.24, 2.45) is 11.7 Å². The Kier molecular flexibility index (Phi) is 3.79. The highest BCUT2D eigenvalue weighted by Crippen LogP contribution is 2.33. The lowest BCUT2D eigenvalue weighted by atomic mass is 9.79. The van der Waals surface area contributed by atoms with E-state index in [1.807, 2.05) is 19.1 Å². The van der Waals surface area contributed by atoms with Gasteiger partial charge in [-0.25, -0.2) is 0 Å². The van der Waals surface area contributed by atoms with E-state index in [-0.39, 0.29) is 12.0 Å². The number of carbonyl (C=O) groups excluding carboxylic acids is 1. The zero-order valence-corrected chi connectivity index (χ0v) is 10.2. The van der Waals surface area contributed by atoms with Crippen LogP contribution in [0.3, 0.4) is 0 Å². The van der Waals surface area contributed by atoms with E-state index in [0.29, 0.717) is 18.9 Å². The Labute approximate surface area is 102 Å². The smallest absolute Gasteiger partial charge is 0.306 e. The van der Waals surface area contributed by atoms with Crippen molar-refractivity contribution in [3.05, 3.63) is 35.4 Å². The maximum absolute atomic E-state index is 11.5. The predicted molar refractivity (Wildman–Crippen MR) is 66.4 cm³/mol. The summed E-state index contributed by atoms with van der Waals surface area (Å²) in [5.41, 5.74) is 8.64. The van der Waals surface area contributed by atoms with Gasteiger partial charge in [0, 0.05) is 12.5 Å². The van der Waals surface area contributed by atoms with Gasteiger partial charge in [0.05, 0.1) is 6.61 Å². The molecule has 0 spiro atoms. The van der Waals surface area contributed by atoms with Gasteiger partial charge in [0.2, 0.25) is 0 Å². The van der Waals surface area contributed by atoms with Crippen LogP contribution in [-0.4, -0.2) is 12.6 Å². The summed E-state index contributed by atoms with van der Waals surface area (Å²) in [7, 11) is 0. The van der Waals surface area contributed by atoms with Crippen molar-refractivity contribution < 1.29 is 9.53 Å². The number of esters is 1. The van der Waals surface area contributed by atoms with Crippen molar-refractivity contribution in [2.45, 2.75) is 32.2 Å². The molecule has 0 bridgehead atoms. The van der Waals surface area contributed by atoms with Gasteiger partial charge in [0.1, 0.15) is 0 Å². The summed E-state index contributed by atoms with van der Waals surface area (Å²) in [6.45, 7) is 2.29. The molecule has 0 aliphatic heterocycles. The number of hydrogen-bond acceptors (Lipinski definition) is 3. The summed E-state index contributed by atoms with van der Waals surface area (Å²) >= 11 is 0.